The lowest BCUT2D eigenvalue weighted by molar-refractivity contribution is -0.121. The summed E-state index contributed by atoms with van der Waals surface area (Å²) in [7, 11) is 1.56. The van der Waals surface area contributed by atoms with Crippen LogP contribution in [0.3, 0.4) is 0 Å². The van der Waals surface area contributed by atoms with Gasteiger partial charge in [-0.25, -0.2) is 4.98 Å². The Morgan fingerprint density at radius 2 is 1.81 bits per heavy atom. The van der Waals surface area contributed by atoms with Crippen LogP contribution in [-0.4, -0.2) is 46.3 Å². The average Bonchev–Trinajstić information content (AvgIpc) is 3.30. The van der Waals surface area contributed by atoms with E-state index >= 15 is 0 Å². The molecule has 0 aliphatic heterocycles. The van der Waals surface area contributed by atoms with Crippen LogP contribution in [-0.2, 0) is 17.8 Å². The van der Waals surface area contributed by atoms with Crippen molar-refractivity contribution in [2.24, 2.45) is 0 Å². The van der Waals surface area contributed by atoms with E-state index in [9.17, 15) is 14.4 Å². The number of aromatic nitrogens is 2. The number of carbonyl (C=O) groups excluding carboxylic acids is 3. The number of hydrogen-bond acceptors (Lipinski definition) is 5. The minimum Gasteiger partial charge on any atom is -0.489 e. The topological polar surface area (TPSA) is 102 Å². The predicted octanol–water partition coefficient (Wildman–Crippen LogP) is 4.69. The van der Waals surface area contributed by atoms with E-state index < -0.39 is 6.04 Å². The molecule has 0 radical (unpaired) electrons. The SMILES string of the molecule is CCn1cc(-c2ccc(C[C@@H](CC(=O)NC)NC(=O)c3ccc(OC(C)C)c(Cl)c3)cc2)nc1C(C)=O. The molecule has 3 rings (SSSR count). The Kier molecular flexibility index (Phi) is 9.47. The Bertz CT molecular complexity index is 1270. The van der Waals surface area contributed by atoms with E-state index in [4.69, 9.17) is 16.3 Å². The van der Waals surface area contributed by atoms with Gasteiger partial charge in [0.15, 0.2) is 11.6 Å². The minimum absolute atomic E-state index is 0.0426. The summed E-state index contributed by atoms with van der Waals surface area (Å²) in [6.07, 6.45) is 2.39. The molecule has 2 N–H and O–H groups in total. The van der Waals surface area contributed by atoms with Crippen molar-refractivity contribution >= 4 is 29.2 Å². The summed E-state index contributed by atoms with van der Waals surface area (Å²) in [5.41, 5.74) is 2.92. The maximum Gasteiger partial charge on any atom is 0.251 e. The maximum atomic E-state index is 13.0. The summed E-state index contributed by atoms with van der Waals surface area (Å²) < 4.78 is 7.46. The molecule has 0 aliphatic carbocycles. The number of aryl methyl sites for hydroxylation is 1. The molecule has 196 valence electrons. The van der Waals surface area contributed by atoms with Crippen molar-refractivity contribution in [1.29, 1.82) is 0 Å². The van der Waals surface area contributed by atoms with E-state index in [0.717, 1.165) is 16.8 Å². The van der Waals surface area contributed by atoms with E-state index in [0.29, 0.717) is 35.1 Å². The molecule has 0 bridgehead atoms. The Hall–Kier alpha value is -3.65. The van der Waals surface area contributed by atoms with Crippen LogP contribution in [0, 0.1) is 0 Å². The van der Waals surface area contributed by atoms with Gasteiger partial charge in [-0.2, -0.15) is 0 Å². The third-order valence-corrected chi connectivity index (χ3v) is 6.06. The Morgan fingerprint density at radius 3 is 2.35 bits per heavy atom. The predicted molar refractivity (Wildman–Crippen MR) is 144 cm³/mol. The Balaban J connectivity index is 1.75. The van der Waals surface area contributed by atoms with E-state index in [1.54, 1.807) is 25.2 Å². The number of imidazole rings is 1. The first-order valence-corrected chi connectivity index (χ1v) is 12.6. The lowest BCUT2D eigenvalue weighted by atomic mass is 10.0. The maximum absolute atomic E-state index is 13.0. The number of ether oxygens (including phenoxy) is 1. The quantitative estimate of drug-likeness (QED) is 0.354. The second kappa shape index (κ2) is 12.5. The summed E-state index contributed by atoms with van der Waals surface area (Å²) in [5, 5.41) is 5.92. The summed E-state index contributed by atoms with van der Waals surface area (Å²) >= 11 is 6.30. The molecule has 2 amide bonds. The van der Waals surface area contributed by atoms with Gasteiger partial charge in [0.25, 0.3) is 5.91 Å². The monoisotopic (exact) mass is 524 g/mol. The van der Waals surface area contributed by atoms with Gasteiger partial charge in [-0.05, 0) is 51.0 Å². The molecule has 0 fully saturated rings. The smallest absolute Gasteiger partial charge is 0.251 e. The molecule has 0 spiro atoms. The molecule has 1 atom stereocenters. The highest BCUT2D eigenvalue weighted by molar-refractivity contribution is 6.32. The highest BCUT2D eigenvalue weighted by Crippen LogP contribution is 2.27. The third-order valence-electron chi connectivity index (χ3n) is 5.77. The molecule has 37 heavy (non-hydrogen) atoms. The number of amides is 2. The van der Waals surface area contributed by atoms with Crippen LogP contribution in [0.15, 0.2) is 48.7 Å². The Labute approximate surface area is 222 Å². The molecule has 1 heterocycles. The highest BCUT2D eigenvalue weighted by atomic mass is 35.5. The number of halogens is 1. The second-order valence-electron chi connectivity index (χ2n) is 9.05. The molecule has 3 aromatic rings. The fourth-order valence-electron chi connectivity index (χ4n) is 3.93. The molecule has 1 aromatic heterocycles. The van der Waals surface area contributed by atoms with Gasteiger partial charge in [0, 0.05) is 50.3 Å². The van der Waals surface area contributed by atoms with Crippen LogP contribution in [0.25, 0.3) is 11.3 Å². The fraction of sp³-hybridized carbons (Fsp3) is 0.357. The zero-order chi connectivity index (χ0) is 27.1. The molecule has 0 aliphatic rings. The van der Waals surface area contributed by atoms with Crippen molar-refractivity contribution in [2.45, 2.75) is 59.2 Å². The average molecular weight is 525 g/mol. The van der Waals surface area contributed by atoms with Crippen LogP contribution in [0.5, 0.6) is 5.75 Å². The van der Waals surface area contributed by atoms with Gasteiger partial charge in [-0.3, -0.25) is 14.4 Å². The molecule has 8 nitrogen and oxygen atoms in total. The second-order valence-corrected chi connectivity index (χ2v) is 9.46. The van der Waals surface area contributed by atoms with Crippen molar-refractivity contribution in [3.05, 3.63) is 70.6 Å². The molecular formula is C28H33ClN4O4. The number of nitrogens with one attached hydrogen (secondary N) is 2. The summed E-state index contributed by atoms with van der Waals surface area (Å²) in [6.45, 7) is 7.91. The fourth-order valence-corrected chi connectivity index (χ4v) is 4.16. The number of carbonyl (C=O) groups is 3. The highest BCUT2D eigenvalue weighted by Gasteiger charge is 2.19. The van der Waals surface area contributed by atoms with Gasteiger partial charge < -0.3 is 19.9 Å². The van der Waals surface area contributed by atoms with Gasteiger partial charge in [-0.15, -0.1) is 0 Å². The number of nitrogens with zero attached hydrogens (tertiary/aromatic N) is 2. The molecule has 0 saturated carbocycles. The van der Waals surface area contributed by atoms with Gasteiger partial charge in [0.05, 0.1) is 16.8 Å². The summed E-state index contributed by atoms with van der Waals surface area (Å²) in [5.74, 6) is 0.349. The van der Waals surface area contributed by atoms with Crippen LogP contribution in [0.2, 0.25) is 5.02 Å². The van der Waals surface area contributed by atoms with E-state index in [1.165, 1.54) is 6.92 Å². The van der Waals surface area contributed by atoms with E-state index in [1.807, 2.05) is 55.8 Å². The van der Waals surface area contributed by atoms with Crippen molar-refractivity contribution in [2.75, 3.05) is 7.05 Å². The van der Waals surface area contributed by atoms with Gasteiger partial charge in [0.2, 0.25) is 5.91 Å². The zero-order valence-corrected chi connectivity index (χ0v) is 22.6. The van der Waals surface area contributed by atoms with Gasteiger partial charge in [-0.1, -0.05) is 35.9 Å². The van der Waals surface area contributed by atoms with E-state index in [-0.39, 0.29) is 30.1 Å². The molecule has 2 aromatic carbocycles. The number of hydrogen-bond donors (Lipinski definition) is 2. The van der Waals surface area contributed by atoms with E-state index in [2.05, 4.69) is 15.6 Å². The molecule has 0 unspecified atom stereocenters. The first-order chi connectivity index (χ1) is 17.6. The normalized spacial score (nSPS) is 11.8. The lowest BCUT2D eigenvalue weighted by Gasteiger charge is -2.19. The van der Waals surface area contributed by atoms with Crippen molar-refractivity contribution < 1.29 is 19.1 Å². The number of benzene rings is 2. The van der Waals surface area contributed by atoms with Crippen molar-refractivity contribution in [1.82, 2.24) is 20.2 Å². The zero-order valence-electron chi connectivity index (χ0n) is 21.8. The largest absolute Gasteiger partial charge is 0.489 e. The first-order valence-electron chi connectivity index (χ1n) is 12.3. The van der Waals surface area contributed by atoms with Crippen molar-refractivity contribution in [3.8, 4) is 17.0 Å². The molecular weight excluding hydrogens is 492 g/mol. The van der Waals surface area contributed by atoms with Crippen LogP contribution in [0.1, 0.15) is 60.7 Å². The number of Topliss-reactive ketones (excluding diaryl/α,β-unsaturated/α-hetero) is 1. The van der Waals surface area contributed by atoms with Crippen molar-refractivity contribution in [3.63, 3.8) is 0 Å². The standard InChI is InChI=1S/C28H33ClN4O4/c1-6-33-16-24(32-27(33)18(4)34)20-9-7-19(8-10-20)13-22(15-26(35)30-5)31-28(36)21-11-12-25(23(29)14-21)37-17(2)3/h7-12,14,16-17,22H,6,13,15H2,1-5H3,(H,30,35)(H,31,36)/t22-/m0/s1. The first kappa shape index (κ1) is 27.9. The van der Waals surface area contributed by atoms with Gasteiger partial charge >= 0.3 is 0 Å². The third kappa shape index (κ3) is 7.43. The minimum atomic E-state index is -0.438. The molecule has 9 heteroatoms. The van der Waals surface area contributed by atoms with Crippen LogP contribution in [0.4, 0.5) is 0 Å². The van der Waals surface area contributed by atoms with Crippen LogP contribution < -0.4 is 15.4 Å². The van der Waals surface area contributed by atoms with Gasteiger partial charge in [0.1, 0.15) is 5.75 Å². The number of ketones is 1. The lowest BCUT2D eigenvalue weighted by Crippen LogP contribution is -2.40. The summed E-state index contributed by atoms with van der Waals surface area (Å²) in [6, 6.07) is 12.2. The Morgan fingerprint density at radius 1 is 1.11 bits per heavy atom. The summed E-state index contributed by atoms with van der Waals surface area (Å²) in [4.78, 5) is 41.5. The molecule has 0 saturated heterocycles. The van der Waals surface area contributed by atoms with Crippen LogP contribution >= 0.6 is 11.6 Å². The number of rotatable bonds is 11.